The molecule has 160 valence electrons. The minimum absolute atomic E-state index is 0.304. The van der Waals surface area contributed by atoms with Crippen molar-refractivity contribution < 1.29 is 0 Å². The molecule has 1 heterocycles. The van der Waals surface area contributed by atoms with Gasteiger partial charge in [-0.25, -0.2) is 0 Å². The maximum atomic E-state index is 6.05. The Balaban J connectivity index is 1.68. The Morgan fingerprint density at radius 2 is 1.44 bits per heavy atom. The van der Waals surface area contributed by atoms with Crippen LogP contribution in [0.2, 0.25) is 10.0 Å². The van der Waals surface area contributed by atoms with Crippen LogP contribution in [0.5, 0.6) is 0 Å². The Kier molecular flexibility index (Phi) is 6.96. The van der Waals surface area contributed by atoms with E-state index in [-0.39, 0.29) is 0 Å². The van der Waals surface area contributed by atoms with Gasteiger partial charge in [0.2, 0.25) is 10.7 Å². The highest BCUT2D eigenvalue weighted by molar-refractivity contribution is 7.80. The van der Waals surface area contributed by atoms with E-state index < -0.39 is 0 Å². The third-order valence-electron chi connectivity index (χ3n) is 4.32. The minimum atomic E-state index is 0.304. The Hall–Kier alpha value is -3.04. The molecule has 4 aromatic rings. The number of rotatable bonds is 5. The molecular weight excluding hydrogens is 483 g/mol. The van der Waals surface area contributed by atoms with Gasteiger partial charge in [-0.2, -0.15) is 9.97 Å². The van der Waals surface area contributed by atoms with E-state index in [1.54, 1.807) is 28.8 Å². The molecule has 0 bridgehead atoms. The average Bonchev–Trinajstić information content (AvgIpc) is 2.79. The molecule has 0 aliphatic carbocycles. The van der Waals surface area contributed by atoms with Gasteiger partial charge in [0.1, 0.15) is 0 Å². The number of halogens is 2. The molecule has 3 N–H and O–H groups in total. The number of aromatic nitrogens is 3. The van der Waals surface area contributed by atoms with Crippen LogP contribution in [0.4, 0.5) is 11.6 Å². The van der Waals surface area contributed by atoms with Crippen LogP contribution in [-0.4, -0.2) is 19.6 Å². The van der Waals surface area contributed by atoms with Crippen LogP contribution < -0.4 is 16.2 Å². The predicted molar refractivity (Wildman–Crippen MR) is 137 cm³/mol. The number of thiocarbonyl (C=S) groups is 1. The van der Waals surface area contributed by atoms with Crippen molar-refractivity contribution in [2.75, 3.05) is 10.7 Å². The molecule has 0 saturated carbocycles. The molecule has 0 aliphatic heterocycles. The molecule has 1 aromatic heterocycles. The zero-order valence-corrected chi connectivity index (χ0v) is 19.6. The molecule has 32 heavy (non-hydrogen) atoms. The highest BCUT2D eigenvalue weighted by Gasteiger charge is 2.12. The highest BCUT2D eigenvalue weighted by atomic mass is 35.5. The maximum absolute atomic E-state index is 6.05. The van der Waals surface area contributed by atoms with Crippen molar-refractivity contribution in [1.29, 1.82) is 0 Å². The summed E-state index contributed by atoms with van der Waals surface area (Å²) in [6.07, 6.45) is 0. The Bertz CT molecular complexity index is 1290. The number of benzene rings is 3. The number of hydrogen-bond acceptors (Lipinski definition) is 5. The first-order chi connectivity index (χ1) is 15.5. The van der Waals surface area contributed by atoms with Crippen LogP contribution in [0.3, 0.4) is 0 Å². The molecule has 0 saturated heterocycles. The average molecular weight is 499 g/mol. The SMILES string of the molecule is S=C(NNc1nc(-c2ccc(Cl)cc2)nc(=S)n1-c1ccc(Cl)cc1)Nc1ccccc1. The van der Waals surface area contributed by atoms with Crippen molar-refractivity contribution in [3.05, 3.63) is 93.7 Å². The lowest BCUT2D eigenvalue weighted by Crippen LogP contribution is -2.35. The monoisotopic (exact) mass is 498 g/mol. The first-order valence-corrected chi connectivity index (χ1v) is 11.0. The van der Waals surface area contributed by atoms with Gasteiger partial charge >= 0.3 is 0 Å². The fourth-order valence-electron chi connectivity index (χ4n) is 2.84. The fourth-order valence-corrected chi connectivity index (χ4v) is 3.54. The number of hydrazine groups is 1. The molecule has 3 aromatic carbocycles. The van der Waals surface area contributed by atoms with Crippen LogP contribution in [0, 0.1) is 4.77 Å². The molecule has 6 nitrogen and oxygen atoms in total. The first kappa shape index (κ1) is 22.2. The van der Waals surface area contributed by atoms with Crippen LogP contribution >= 0.6 is 47.6 Å². The lowest BCUT2D eigenvalue weighted by atomic mass is 10.2. The molecular formula is C22H16Cl2N6S2. The normalized spacial score (nSPS) is 10.4. The highest BCUT2D eigenvalue weighted by Crippen LogP contribution is 2.22. The first-order valence-electron chi connectivity index (χ1n) is 9.40. The Morgan fingerprint density at radius 3 is 2.09 bits per heavy atom. The zero-order chi connectivity index (χ0) is 22.5. The summed E-state index contributed by atoms with van der Waals surface area (Å²) in [6, 6.07) is 24.0. The summed E-state index contributed by atoms with van der Waals surface area (Å²) in [7, 11) is 0. The third kappa shape index (κ3) is 5.41. The molecule has 0 radical (unpaired) electrons. The largest absolute Gasteiger partial charge is 0.331 e. The van der Waals surface area contributed by atoms with Crippen LogP contribution in [-0.2, 0) is 0 Å². The summed E-state index contributed by atoms with van der Waals surface area (Å²) in [6.45, 7) is 0. The van der Waals surface area contributed by atoms with E-state index in [9.17, 15) is 0 Å². The lowest BCUT2D eigenvalue weighted by Gasteiger charge is -2.17. The van der Waals surface area contributed by atoms with Gasteiger partial charge in [-0.05, 0) is 85.1 Å². The molecule has 0 aliphatic rings. The Morgan fingerprint density at radius 1 is 0.812 bits per heavy atom. The van der Waals surface area contributed by atoms with Crippen molar-refractivity contribution in [3.8, 4) is 17.1 Å². The van der Waals surface area contributed by atoms with E-state index in [1.807, 2.05) is 54.6 Å². The summed E-state index contributed by atoms with van der Waals surface area (Å²) in [5, 5.41) is 4.68. The number of hydrogen-bond donors (Lipinski definition) is 3. The van der Waals surface area contributed by atoms with E-state index in [0.717, 1.165) is 16.9 Å². The van der Waals surface area contributed by atoms with E-state index in [4.69, 9.17) is 47.6 Å². The van der Waals surface area contributed by atoms with Crippen LogP contribution in [0.1, 0.15) is 0 Å². The van der Waals surface area contributed by atoms with Crippen molar-refractivity contribution >= 4 is 64.4 Å². The minimum Gasteiger partial charge on any atom is -0.331 e. The second kappa shape index (κ2) is 10.1. The number of nitrogens with one attached hydrogen (secondary N) is 3. The smallest absolute Gasteiger partial charge is 0.230 e. The summed E-state index contributed by atoms with van der Waals surface area (Å²) in [4.78, 5) is 9.16. The van der Waals surface area contributed by atoms with Gasteiger partial charge in [-0.3, -0.25) is 15.4 Å². The van der Waals surface area contributed by atoms with E-state index in [1.165, 1.54) is 0 Å². The summed E-state index contributed by atoms with van der Waals surface area (Å²) in [5.41, 5.74) is 8.36. The lowest BCUT2D eigenvalue weighted by molar-refractivity contribution is 0.881. The molecule has 0 amide bonds. The van der Waals surface area contributed by atoms with Crippen molar-refractivity contribution in [2.45, 2.75) is 0 Å². The van der Waals surface area contributed by atoms with Gasteiger partial charge in [0.15, 0.2) is 10.9 Å². The molecule has 10 heteroatoms. The van der Waals surface area contributed by atoms with Crippen molar-refractivity contribution in [2.24, 2.45) is 0 Å². The van der Waals surface area contributed by atoms with Gasteiger partial charge in [0.05, 0.1) is 5.69 Å². The van der Waals surface area contributed by atoms with Gasteiger partial charge in [0, 0.05) is 21.3 Å². The fraction of sp³-hybridized carbons (Fsp3) is 0. The quantitative estimate of drug-likeness (QED) is 0.221. The predicted octanol–water partition coefficient (Wildman–Crippen LogP) is 6.28. The molecule has 0 spiro atoms. The standard InChI is InChI=1S/C22H16Cl2N6S2/c23-15-8-6-14(7-9-15)19-26-20(28-29-21(31)25-17-4-2-1-3-5-17)30(22(32)27-19)18-12-10-16(24)11-13-18/h1-13H,(H2,25,29,31)(H,26,27,28,32). The number of nitrogens with zero attached hydrogens (tertiary/aromatic N) is 3. The van der Waals surface area contributed by atoms with Crippen LogP contribution in [0.15, 0.2) is 78.9 Å². The summed E-state index contributed by atoms with van der Waals surface area (Å²) in [5.74, 6) is 0.845. The molecule has 0 fully saturated rings. The zero-order valence-electron chi connectivity index (χ0n) is 16.4. The van der Waals surface area contributed by atoms with Gasteiger partial charge in [-0.1, -0.05) is 41.4 Å². The third-order valence-corrected chi connectivity index (χ3v) is 5.31. The topological polar surface area (TPSA) is 66.8 Å². The van der Waals surface area contributed by atoms with Crippen LogP contribution in [0.25, 0.3) is 17.1 Å². The Labute approximate surface area is 205 Å². The maximum Gasteiger partial charge on any atom is 0.230 e. The summed E-state index contributed by atoms with van der Waals surface area (Å²) < 4.78 is 1.99. The van der Waals surface area contributed by atoms with Crippen molar-refractivity contribution in [3.63, 3.8) is 0 Å². The molecule has 4 rings (SSSR count). The van der Waals surface area contributed by atoms with Gasteiger partial charge < -0.3 is 5.32 Å². The molecule has 0 unspecified atom stereocenters. The second-order valence-corrected chi connectivity index (χ2v) is 8.19. The van der Waals surface area contributed by atoms with Gasteiger partial charge in [0.25, 0.3) is 0 Å². The summed E-state index contributed by atoms with van der Waals surface area (Å²) >= 11 is 23.0. The second-order valence-electron chi connectivity index (χ2n) is 6.54. The van der Waals surface area contributed by atoms with Crippen molar-refractivity contribution in [1.82, 2.24) is 20.0 Å². The number of para-hydroxylation sites is 1. The van der Waals surface area contributed by atoms with E-state index in [0.29, 0.717) is 31.7 Å². The number of anilines is 2. The van der Waals surface area contributed by atoms with Gasteiger partial charge in [-0.15, -0.1) is 0 Å². The van der Waals surface area contributed by atoms with E-state index >= 15 is 0 Å². The van der Waals surface area contributed by atoms with E-state index in [2.05, 4.69) is 26.1 Å². The molecule has 0 atom stereocenters.